The molecule has 3 nitrogen and oxygen atoms in total. The van der Waals surface area contributed by atoms with E-state index in [0.717, 1.165) is 22.0 Å². The van der Waals surface area contributed by atoms with Gasteiger partial charge in [-0.3, -0.25) is 14.4 Å². The third kappa shape index (κ3) is 1.75. The van der Waals surface area contributed by atoms with Crippen molar-refractivity contribution in [3.8, 4) is 0 Å². The molecule has 1 aromatic carbocycles. The molecule has 128 valence electrons. The molecule has 2 aliphatic rings. The van der Waals surface area contributed by atoms with Crippen LogP contribution in [0.2, 0.25) is 0 Å². The van der Waals surface area contributed by atoms with Crippen molar-refractivity contribution >= 4 is 33.3 Å². The van der Waals surface area contributed by atoms with Crippen molar-refractivity contribution in [3.05, 3.63) is 33.8 Å². The van der Waals surface area contributed by atoms with Crippen molar-refractivity contribution < 1.29 is 14.4 Å². The fourth-order valence-corrected chi connectivity index (χ4v) is 5.24. The molecule has 0 amide bonds. The van der Waals surface area contributed by atoms with E-state index in [9.17, 15) is 14.4 Å². The highest BCUT2D eigenvalue weighted by atomic mass is 79.9. The molecule has 3 rings (SSSR count). The molecule has 4 heteroatoms. The van der Waals surface area contributed by atoms with Crippen LogP contribution in [-0.2, 0) is 20.8 Å². The van der Waals surface area contributed by atoms with Crippen molar-refractivity contribution in [2.24, 2.45) is 16.2 Å². The van der Waals surface area contributed by atoms with E-state index >= 15 is 0 Å². The Bertz CT molecular complexity index is 779. The maximum absolute atomic E-state index is 13.2. The predicted molar refractivity (Wildman–Crippen MR) is 95.9 cm³/mol. The lowest BCUT2D eigenvalue weighted by atomic mass is 9.71. The summed E-state index contributed by atoms with van der Waals surface area (Å²) in [5, 5.41) is 0. The highest BCUT2D eigenvalue weighted by molar-refractivity contribution is 9.10. The number of rotatable bonds is 3. The zero-order chi connectivity index (χ0) is 18.1. The zero-order valence-corrected chi connectivity index (χ0v) is 16.4. The van der Waals surface area contributed by atoms with E-state index in [1.807, 2.05) is 39.0 Å². The van der Waals surface area contributed by atoms with Gasteiger partial charge < -0.3 is 0 Å². The van der Waals surface area contributed by atoms with E-state index < -0.39 is 22.2 Å². The molecular weight excluding hydrogens is 368 g/mol. The van der Waals surface area contributed by atoms with Crippen LogP contribution in [0.25, 0.3) is 0 Å². The van der Waals surface area contributed by atoms with Gasteiger partial charge in [-0.2, -0.15) is 0 Å². The molecule has 24 heavy (non-hydrogen) atoms. The number of halogens is 1. The normalized spacial score (nSPS) is 34.2. The largest absolute Gasteiger partial charge is 0.298 e. The lowest BCUT2D eigenvalue weighted by Gasteiger charge is -2.27. The lowest BCUT2D eigenvalue weighted by Crippen LogP contribution is -2.34. The van der Waals surface area contributed by atoms with Crippen LogP contribution in [0.15, 0.2) is 22.7 Å². The fraction of sp³-hybridized carbons (Fsp3) is 0.550. The number of hydrogen-bond donors (Lipinski definition) is 0. The number of carbonyl (C=O) groups excluding carboxylic acids is 3. The fourth-order valence-electron chi connectivity index (χ4n) is 4.83. The molecule has 3 unspecified atom stereocenters. The summed E-state index contributed by atoms with van der Waals surface area (Å²) in [6.45, 7) is 9.09. The van der Waals surface area contributed by atoms with Crippen LogP contribution < -0.4 is 0 Å². The monoisotopic (exact) mass is 390 g/mol. The summed E-state index contributed by atoms with van der Waals surface area (Å²) in [6.07, 6.45) is 1.28. The second kappa shape index (κ2) is 5.10. The van der Waals surface area contributed by atoms with Crippen LogP contribution in [0.4, 0.5) is 0 Å². The van der Waals surface area contributed by atoms with Gasteiger partial charge in [-0.15, -0.1) is 0 Å². The second-order valence-corrected chi connectivity index (χ2v) is 8.69. The van der Waals surface area contributed by atoms with Gasteiger partial charge in [-0.25, -0.2) is 0 Å². The maximum atomic E-state index is 13.2. The predicted octanol–water partition coefficient (Wildman–Crippen LogP) is 4.26. The van der Waals surface area contributed by atoms with Crippen LogP contribution in [0.5, 0.6) is 0 Å². The first-order valence-electron chi connectivity index (χ1n) is 8.53. The Morgan fingerprint density at radius 2 is 1.67 bits per heavy atom. The van der Waals surface area contributed by atoms with Gasteiger partial charge in [0.1, 0.15) is 5.41 Å². The third-order valence-electron chi connectivity index (χ3n) is 6.37. The van der Waals surface area contributed by atoms with Crippen LogP contribution in [0, 0.1) is 16.2 Å². The molecule has 2 saturated carbocycles. The van der Waals surface area contributed by atoms with Crippen LogP contribution in [0.3, 0.4) is 0 Å². The quantitative estimate of drug-likeness (QED) is 0.724. The standard InChI is InChI=1S/C20H23BrO3/c1-6-11-10-12(21)8-9-13(11)14-15(22)20(14)17(24)18(3,4)16(23)19(20,5)7-2/h8-10,14H,6-7H2,1-5H3. The van der Waals surface area contributed by atoms with Gasteiger partial charge in [-0.05, 0) is 49.9 Å². The number of Topliss-reactive ketones (excluding diaryl/α,β-unsaturated/α-hetero) is 3. The Morgan fingerprint density at radius 3 is 2.21 bits per heavy atom. The van der Waals surface area contributed by atoms with Gasteiger partial charge in [0.2, 0.25) is 0 Å². The number of ketones is 3. The van der Waals surface area contributed by atoms with Gasteiger partial charge in [0.05, 0.1) is 11.3 Å². The van der Waals surface area contributed by atoms with Crippen molar-refractivity contribution in [2.75, 3.05) is 0 Å². The molecule has 3 atom stereocenters. The van der Waals surface area contributed by atoms with E-state index in [1.165, 1.54) is 0 Å². The highest BCUT2D eigenvalue weighted by Crippen LogP contribution is 2.73. The highest BCUT2D eigenvalue weighted by Gasteiger charge is 2.85. The Labute approximate surface area is 151 Å². The first-order valence-corrected chi connectivity index (χ1v) is 9.32. The molecule has 1 aromatic rings. The minimum absolute atomic E-state index is 0.0761. The van der Waals surface area contributed by atoms with Crippen molar-refractivity contribution in [3.63, 3.8) is 0 Å². The molecule has 0 radical (unpaired) electrons. The zero-order valence-electron chi connectivity index (χ0n) is 14.8. The van der Waals surface area contributed by atoms with E-state index in [0.29, 0.717) is 6.42 Å². The molecule has 1 spiro atoms. The maximum Gasteiger partial charge on any atom is 0.161 e. The molecule has 2 aliphatic carbocycles. The molecule has 0 aromatic heterocycles. The second-order valence-electron chi connectivity index (χ2n) is 7.77. The number of hydrogen-bond acceptors (Lipinski definition) is 3. The molecule has 0 bridgehead atoms. The molecule has 0 saturated heterocycles. The van der Waals surface area contributed by atoms with Crippen LogP contribution in [-0.4, -0.2) is 17.3 Å². The summed E-state index contributed by atoms with van der Waals surface area (Å²) in [4.78, 5) is 39.2. The number of benzene rings is 1. The smallest absolute Gasteiger partial charge is 0.161 e. The summed E-state index contributed by atoms with van der Waals surface area (Å²) >= 11 is 3.47. The Morgan fingerprint density at radius 1 is 1.04 bits per heavy atom. The molecule has 0 aliphatic heterocycles. The average Bonchev–Trinajstić information content (AvgIpc) is 3.15. The van der Waals surface area contributed by atoms with Crippen molar-refractivity contribution in [1.29, 1.82) is 0 Å². The van der Waals surface area contributed by atoms with Crippen LogP contribution >= 0.6 is 15.9 Å². The molecular formula is C20H23BrO3. The lowest BCUT2D eigenvalue weighted by molar-refractivity contribution is -0.135. The van der Waals surface area contributed by atoms with E-state index in [2.05, 4.69) is 15.9 Å². The summed E-state index contributed by atoms with van der Waals surface area (Å²) in [5.74, 6) is -0.839. The summed E-state index contributed by atoms with van der Waals surface area (Å²) < 4.78 is 0.956. The SMILES string of the molecule is CCc1cc(Br)ccc1C1C(=O)C12C(=O)C(C)(C)C(=O)C2(C)CC. The summed E-state index contributed by atoms with van der Waals surface area (Å²) in [7, 11) is 0. The molecule has 0 heterocycles. The Kier molecular flexibility index (Phi) is 3.73. The van der Waals surface area contributed by atoms with Gasteiger partial charge >= 0.3 is 0 Å². The van der Waals surface area contributed by atoms with E-state index in [4.69, 9.17) is 0 Å². The minimum Gasteiger partial charge on any atom is -0.298 e. The first kappa shape index (κ1) is 17.5. The van der Waals surface area contributed by atoms with Crippen molar-refractivity contribution in [2.45, 2.75) is 53.4 Å². The Balaban J connectivity index is 2.21. The first-order chi connectivity index (χ1) is 11.1. The number of aryl methyl sites for hydroxylation is 1. The third-order valence-corrected chi connectivity index (χ3v) is 6.86. The van der Waals surface area contributed by atoms with E-state index in [-0.39, 0.29) is 17.3 Å². The summed E-state index contributed by atoms with van der Waals surface area (Å²) in [5.41, 5.74) is -1.20. The van der Waals surface area contributed by atoms with Crippen LogP contribution in [0.1, 0.15) is 58.1 Å². The Hall–Kier alpha value is -1.29. The minimum atomic E-state index is -1.17. The van der Waals surface area contributed by atoms with E-state index in [1.54, 1.807) is 13.8 Å². The topological polar surface area (TPSA) is 51.2 Å². The number of carbonyl (C=O) groups is 3. The van der Waals surface area contributed by atoms with Gasteiger partial charge in [0.25, 0.3) is 0 Å². The molecule has 0 N–H and O–H groups in total. The van der Waals surface area contributed by atoms with Crippen molar-refractivity contribution in [1.82, 2.24) is 0 Å². The molecule has 2 fully saturated rings. The van der Waals surface area contributed by atoms with Gasteiger partial charge in [0.15, 0.2) is 17.3 Å². The van der Waals surface area contributed by atoms with Gasteiger partial charge in [-0.1, -0.05) is 42.8 Å². The summed E-state index contributed by atoms with van der Waals surface area (Å²) in [6, 6.07) is 5.84. The average molecular weight is 391 g/mol. The van der Waals surface area contributed by atoms with Gasteiger partial charge in [0, 0.05) is 9.89 Å².